The highest BCUT2D eigenvalue weighted by molar-refractivity contribution is 7.16. The molecular weight excluding hydrogens is 376 g/mol. The predicted molar refractivity (Wildman–Crippen MR) is 114 cm³/mol. The van der Waals surface area contributed by atoms with Crippen LogP contribution in [0, 0.1) is 0 Å². The second-order valence-electron chi connectivity index (χ2n) is 7.51. The summed E-state index contributed by atoms with van der Waals surface area (Å²) >= 11 is 7.86. The molecule has 2 fully saturated rings. The minimum Gasteiger partial charge on any atom is -0.367 e. The van der Waals surface area contributed by atoms with Crippen molar-refractivity contribution in [1.82, 2.24) is 9.97 Å². The quantitative estimate of drug-likeness (QED) is 0.581. The standard InChI is InChI=1S/C21H23ClN4S/c22-19-12-11-18(27-19)17-10-5-13-26(17)21-24-16-9-4-3-8-15(16)20(25-21)23-14-6-1-2-7-14/h3-4,8-9,11-12,14,17H,1-2,5-7,10,13H2,(H,23,24,25). The van der Waals surface area contributed by atoms with Crippen LogP contribution in [0.5, 0.6) is 0 Å². The molecule has 1 aliphatic carbocycles. The van der Waals surface area contributed by atoms with Crippen molar-refractivity contribution in [2.75, 3.05) is 16.8 Å². The molecule has 2 aliphatic rings. The highest BCUT2D eigenvalue weighted by Gasteiger charge is 2.30. The van der Waals surface area contributed by atoms with Crippen molar-refractivity contribution in [3.05, 3.63) is 45.6 Å². The maximum Gasteiger partial charge on any atom is 0.228 e. The molecule has 1 saturated heterocycles. The molecule has 1 N–H and O–H groups in total. The van der Waals surface area contributed by atoms with Gasteiger partial charge in [0, 0.05) is 22.8 Å². The molecule has 1 unspecified atom stereocenters. The van der Waals surface area contributed by atoms with E-state index >= 15 is 0 Å². The molecule has 1 atom stereocenters. The molecule has 6 heteroatoms. The summed E-state index contributed by atoms with van der Waals surface area (Å²) in [7, 11) is 0. The van der Waals surface area contributed by atoms with Crippen molar-refractivity contribution in [1.29, 1.82) is 0 Å². The monoisotopic (exact) mass is 398 g/mol. The summed E-state index contributed by atoms with van der Waals surface area (Å²) in [5.41, 5.74) is 1.01. The lowest BCUT2D eigenvalue weighted by molar-refractivity contribution is 0.713. The number of halogens is 1. The zero-order valence-electron chi connectivity index (χ0n) is 15.2. The van der Waals surface area contributed by atoms with Gasteiger partial charge in [-0.1, -0.05) is 36.6 Å². The lowest BCUT2D eigenvalue weighted by atomic mass is 10.2. The Morgan fingerprint density at radius 1 is 1.00 bits per heavy atom. The molecule has 3 heterocycles. The van der Waals surface area contributed by atoms with Crippen LogP contribution in [-0.4, -0.2) is 22.6 Å². The first-order valence-electron chi connectivity index (χ1n) is 9.83. The van der Waals surface area contributed by atoms with Gasteiger partial charge in [-0.25, -0.2) is 4.98 Å². The van der Waals surface area contributed by atoms with E-state index in [4.69, 9.17) is 21.6 Å². The van der Waals surface area contributed by atoms with E-state index in [1.165, 1.54) is 30.6 Å². The predicted octanol–water partition coefficient (Wildman–Crippen LogP) is 6.04. The number of aromatic nitrogens is 2. The third-order valence-electron chi connectivity index (χ3n) is 5.72. The number of thiophene rings is 1. The van der Waals surface area contributed by atoms with E-state index in [9.17, 15) is 0 Å². The van der Waals surface area contributed by atoms with Crippen LogP contribution < -0.4 is 10.2 Å². The van der Waals surface area contributed by atoms with Crippen molar-refractivity contribution in [3.8, 4) is 0 Å². The molecule has 27 heavy (non-hydrogen) atoms. The molecule has 1 aliphatic heterocycles. The average Bonchev–Trinajstić information content (AvgIpc) is 3.43. The summed E-state index contributed by atoms with van der Waals surface area (Å²) in [5.74, 6) is 1.82. The van der Waals surface area contributed by atoms with Crippen molar-refractivity contribution >= 4 is 45.6 Å². The highest BCUT2D eigenvalue weighted by Crippen LogP contribution is 2.40. The average molecular weight is 399 g/mol. The maximum atomic E-state index is 6.19. The van der Waals surface area contributed by atoms with Crippen LogP contribution in [0.1, 0.15) is 49.4 Å². The second-order valence-corrected chi connectivity index (χ2v) is 9.26. The van der Waals surface area contributed by atoms with Crippen LogP contribution in [0.4, 0.5) is 11.8 Å². The summed E-state index contributed by atoms with van der Waals surface area (Å²) in [6.45, 7) is 0.987. The normalized spacial score (nSPS) is 20.6. The van der Waals surface area contributed by atoms with Gasteiger partial charge in [0.15, 0.2) is 0 Å². The Bertz CT molecular complexity index is 950. The highest BCUT2D eigenvalue weighted by atomic mass is 35.5. The fourth-order valence-corrected chi connectivity index (χ4v) is 5.58. The Morgan fingerprint density at radius 3 is 2.67 bits per heavy atom. The molecule has 5 rings (SSSR count). The Kier molecular flexibility index (Phi) is 4.66. The topological polar surface area (TPSA) is 41.1 Å². The molecule has 2 aromatic heterocycles. The van der Waals surface area contributed by atoms with E-state index in [1.807, 2.05) is 6.07 Å². The fourth-order valence-electron chi connectivity index (χ4n) is 4.38. The largest absolute Gasteiger partial charge is 0.367 e. The maximum absolute atomic E-state index is 6.19. The second kappa shape index (κ2) is 7.28. The van der Waals surface area contributed by atoms with E-state index in [0.717, 1.165) is 46.4 Å². The Balaban J connectivity index is 1.54. The van der Waals surface area contributed by atoms with Gasteiger partial charge >= 0.3 is 0 Å². The van der Waals surface area contributed by atoms with E-state index < -0.39 is 0 Å². The van der Waals surface area contributed by atoms with Gasteiger partial charge in [0.25, 0.3) is 0 Å². The third-order valence-corrected chi connectivity index (χ3v) is 7.05. The van der Waals surface area contributed by atoms with Crippen LogP contribution >= 0.6 is 22.9 Å². The summed E-state index contributed by atoms with van der Waals surface area (Å²) in [5, 5.41) is 4.82. The number of hydrogen-bond donors (Lipinski definition) is 1. The van der Waals surface area contributed by atoms with Gasteiger partial charge < -0.3 is 10.2 Å². The van der Waals surface area contributed by atoms with E-state index in [1.54, 1.807) is 11.3 Å². The first-order chi connectivity index (χ1) is 13.3. The van der Waals surface area contributed by atoms with Gasteiger partial charge in [-0.05, 0) is 49.9 Å². The molecule has 3 aromatic rings. The lowest BCUT2D eigenvalue weighted by Gasteiger charge is -2.25. The molecule has 4 nitrogen and oxygen atoms in total. The Labute approximate surface area is 168 Å². The Morgan fingerprint density at radius 2 is 1.85 bits per heavy atom. The number of nitrogens with one attached hydrogen (secondary N) is 1. The van der Waals surface area contributed by atoms with Gasteiger partial charge in [-0.15, -0.1) is 11.3 Å². The van der Waals surface area contributed by atoms with Crippen molar-refractivity contribution in [2.24, 2.45) is 0 Å². The van der Waals surface area contributed by atoms with E-state index in [-0.39, 0.29) is 0 Å². The van der Waals surface area contributed by atoms with E-state index in [0.29, 0.717) is 12.1 Å². The van der Waals surface area contributed by atoms with Crippen molar-refractivity contribution < 1.29 is 0 Å². The summed E-state index contributed by atoms with van der Waals surface area (Å²) in [6, 6.07) is 13.3. The molecule has 0 spiro atoms. The van der Waals surface area contributed by atoms with Crippen molar-refractivity contribution in [3.63, 3.8) is 0 Å². The van der Waals surface area contributed by atoms with Crippen LogP contribution in [0.2, 0.25) is 4.34 Å². The smallest absolute Gasteiger partial charge is 0.228 e. The minimum absolute atomic E-state index is 0.322. The molecule has 0 radical (unpaired) electrons. The molecule has 1 aromatic carbocycles. The first-order valence-corrected chi connectivity index (χ1v) is 11.0. The first kappa shape index (κ1) is 17.3. The molecule has 0 bridgehead atoms. The van der Waals surface area contributed by atoms with Crippen LogP contribution in [-0.2, 0) is 0 Å². The molecule has 140 valence electrons. The van der Waals surface area contributed by atoms with Gasteiger partial charge in [0.05, 0.1) is 15.9 Å². The van der Waals surface area contributed by atoms with Gasteiger partial charge in [-0.3, -0.25) is 0 Å². The van der Waals surface area contributed by atoms with Gasteiger partial charge in [-0.2, -0.15) is 4.98 Å². The molecule has 0 amide bonds. The molecule has 1 saturated carbocycles. The number of para-hydroxylation sites is 1. The SMILES string of the molecule is Clc1ccc(C2CCCN2c2nc(NC3CCCC3)c3ccccc3n2)s1. The summed E-state index contributed by atoms with van der Waals surface area (Å²) in [6.07, 6.45) is 7.35. The fraction of sp³-hybridized carbons (Fsp3) is 0.429. The zero-order chi connectivity index (χ0) is 18.2. The van der Waals surface area contributed by atoms with Gasteiger partial charge in [0.1, 0.15) is 5.82 Å². The number of anilines is 2. The lowest BCUT2D eigenvalue weighted by Crippen LogP contribution is -2.25. The summed E-state index contributed by atoms with van der Waals surface area (Å²) in [4.78, 5) is 13.6. The van der Waals surface area contributed by atoms with Gasteiger partial charge in [0.2, 0.25) is 5.95 Å². The zero-order valence-corrected chi connectivity index (χ0v) is 16.8. The minimum atomic E-state index is 0.322. The number of rotatable bonds is 4. The van der Waals surface area contributed by atoms with E-state index in [2.05, 4.69) is 40.5 Å². The Hall–Kier alpha value is -1.85. The summed E-state index contributed by atoms with van der Waals surface area (Å²) < 4.78 is 0.847. The number of fused-ring (bicyclic) bond motifs is 1. The van der Waals surface area contributed by atoms with Crippen molar-refractivity contribution in [2.45, 2.75) is 50.6 Å². The number of nitrogens with zero attached hydrogens (tertiary/aromatic N) is 3. The van der Waals surface area contributed by atoms with Crippen LogP contribution in [0.25, 0.3) is 10.9 Å². The van der Waals surface area contributed by atoms with Crippen LogP contribution in [0.15, 0.2) is 36.4 Å². The van der Waals surface area contributed by atoms with Crippen LogP contribution in [0.3, 0.4) is 0 Å². The number of benzene rings is 1. The third kappa shape index (κ3) is 3.39. The number of hydrogen-bond acceptors (Lipinski definition) is 5. The molecular formula is C21H23ClN4S.